The SMILES string of the molecule is CCOP(=O)(OCC)OC1=CCSc2ccccc21. The first-order chi connectivity index (χ1) is 9.18. The van der Waals surface area contributed by atoms with Crippen LogP contribution in [0.5, 0.6) is 0 Å². The molecule has 0 N–H and O–H groups in total. The van der Waals surface area contributed by atoms with Crippen molar-refractivity contribution in [2.24, 2.45) is 0 Å². The molecule has 0 aromatic heterocycles. The zero-order chi connectivity index (χ0) is 13.7. The van der Waals surface area contributed by atoms with Crippen LogP contribution < -0.4 is 0 Å². The number of phosphoric acid groups is 1. The quantitative estimate of drug-likeness (QED) is 0.732. The van der Waals surface area contributed by atoms with Gasteiger partial charge in [0.05, 0.1) is 13.2 Å². The van der Waals surface area contributed by atoms with Crippen LogP contribution in [0.4, 0.5) is 0 Å². The molecule has 1 aliphatic rings. The second kappa shape index (κ2) is 6.62. The Morgan fingerprint density at radius 1 is 1.21 bits per heavy atom. The van der Waals surface area contributed by atoms with Gasteiger partial charge in [-0.3, -0.25) is 9.05 Å². The molecule has 0 aliphatic carbocycles. The Morgan fingerprint density at radius 2 is 1.89 bits per heavy atom. The highest BCUT2D eigenvalue weighted by molar-refractivity contribution is 7.99. The molecule has 0 spiro atoms. The second-order valence-corrected chi connectivity index (χ2v) is 6.40. The fourth-order valence-corrected chi connectivity index (χ4v) is 3.87. The number of benzene rings is 1. The molecule has 4 nitrogen and oxygen atoms in total. The van der Waals surface area contributed by atoms with Gasteiger partial charge in [-0.05, 0) is 26.0 Å². The molecular weight excluding hydrogens is 283 g/mol. The molecule has 0 bridgehead atoms. The summed E-state index contributed by atoms with van der Waals surface area (Å²) in [7, 11) is -3.52. The summed E-state index contributed by atoms with van der Waals surface area (Å²) < 4.78 is 28.2. The molecule has 0 atom stereocenters. The van der Waals surface area contributed by atoms with E-state index in [1.165, 1.54) is 0 Å². The summed E-state index contributed by atoms with van der Waals surface area (Å²) in [6.45, 7) is 4.07. The van der Waals surface area contributed by atoms with Gasteiger partial charge >= 0.3 is 7.82 Å². The molecule has 0 radical (unpaired) electrons. The van der Waals surface area contributed by atoms with Crippen LogP contribution >= 0.6 is 19.6 Å². The van der Waals surface area contributed by atoms with Gasteiger partial charge in [-0.25, -0.2) is 4.57 Å². The third-order valence-corrected chi connectivity index (χ3v) is 5.01. The van der Waals surface area contributed by atoms with E-state index in [0.717, 1.165) is 16.2 Å². The second-order valence-electron chi connectivity index (χ2n) is 3.75. The van der Waals surface area contributed by atoms with E-state index in [-0.39, 0.29) is 13.2 Å². The van der Waals surface area contributed by atoms with Gasteiger partial charge in [0, 0.05) is 16.2 Å². The first-order valence-corrected chi connectivity index (χ1v) is 8.64. The summed E-state index contributed by atoms with van der Waals surface area (Å²) in [4.78, 5) is 1.11. The van der Waals surface area contributed by atoms with Gasteiger partial charge in [-0.15, -0.1) is 11.8 Å². The molecule has 1 aromatic rings. The topological polar surface area (TPSA) is 44.8 Å². The molecule has 2 rings (SSSR count). The van der Waals surface area contributed by atoms with Crippen molar-refractivity contribution in [1.82, 2.24) is 0 Å². The number of phosphoric ester groups is 1. The zero-order valence-electron chi connectivity index (χ0n) is 11.0. The average Bonchev–Trinajstić information content (AvgIpc) is 2.39. The third-order valence-electron chi connectivity index (χ3n) is 2.44. The molecule has 6 heteroatoms. The highest BCUT2D eigenvalue weighted by atomic mass is 32.2. The largest absolute Gasteiger partial charge is 0.530 e. The minimum atomic E-state index is -3.52. The Balaban J connectivity index is 2.22. The maximum Gasteiger partial charge on any atom is 0.530 e. The van der Waals surface area contributed by atoms with Crippen LogP contribution in [0.25, 0.3) is 5.76 Å². The minimum absolute atomic E-state index is 0.279. The van der Waals surface area contributed by atoms with E-state index in [0.29, 0.717) is 5.76 Å². The van der Waals surface area contributed by atoms with Gasteiger partial charge in [0.15, 0.2) is 0 Å². The van der Waals surface area contributed by atoms with Gasteiger partial charge in [-0.2, -0.15) is 0 Å². The molecule has 1 aromatic carbocycles. The van der Waals surface area contributed by atoms with Gasteiger partial charge < -0.3 is 4.52 Å². The summed E-state index contributed by atoms with van der Waals surface area (Å²) in [5.41, 5.74) is 0.929. The van der Waals surface area contributed by atoms with Crippen LogP contribution in [0, 0.1) is 0 Å². The van der Waals surface area contributed by atoms with Crippen LogP contribution in [0.15, 0.2) is 35.2 Å². The Kier molecular flexibility index (Phi) is 5.11. The number of rotatable bonds is 6. The standard InChI is InChI=1S/C13H17O4PS/c1-3-15-18(14,16-4-2)17-12-9-10-19-13-8-6-5-7-11(12)13/h5-9H,3-4,10H2,1-2H3. The van der Waals surface area contributed by atoms with E-state index >= 15 is 0 Å². The normalized spacial score (nSPS) is 14.7. The average molecular weight is 300 g/mol. The Labute approximate surface area is 117 Å². The van der Waals surface area contributed by atoms with Gasteiger partial charge in [0.2, 0.25) is 0 Å². The van der Waals surface area contributed by atoms with E-state index in [9.17, 15) is 4.57 Å². The summed E-state index contributed by atoms with van der Waals surface area (Å²) in [5.74, 6) is 1.35. The first-order valence-electron chi connectivity index (χ1n) is 6.19. The van der Waals surface area contributed by atoms with Crippen molar-refractivity contribution in [2.45, 2.75) is 18.7 Å². The summed E-state index contributed by atoms with van der Waals surface area (Å²) in [6, 6.07) is 7.85. The maximum atomic E-state index is 12.4. The molecule has 0 fully saturated rings. The third kappa shape index (κ3) is 3.63. The van der Waals surface area contributed by atoms with E-state index < -0.39 is 7.82 Å². The van der Waals surface area contributed by atoms with Crippen LogP contribution in [-0.4, -0.2) is 19.0 Å². The van der Waals surface area contributed by atoms with Crippen molar-refractivity contribution in [2.75, 3.05) is 19.0 Å². The molecule has 19 heavy (non-hydrogen) atoms. The Bertz CT molecular complexity index is 505. The summed E-state index contributed by atoms with van der Waals surface area (Å²) in [5, 5.41) is 0. The van der Waals surface area contributed by atoms with Crippen molar-refractivity contribution in [1.29, 1.82) is 0 Å². The molecule has 104 valence electrons. The van der Waals surface area contributed by atoms with Gasteiger partial charge in [0.1, 0.15) is 5.76 Å². The molecule has 0 saturated heterocycles. The van der Waals surface area contributed by atoms with Crippen molar-refractivity contribution in [3.05, 3.63) is 35.9 Å². The highest BCUT2D eigenvalue weighted by Gasteiger charge is 2.30. The smallest absolute Gasteiger partial charge is 0.404 e. The first kappa shape index (κ1) is 14.7. The molecule has 0 saturated carbocycles. The van der Waals surface area contributed by atoms with Crippen molar-refractivity contribution >= 4 is 25.3 Å². The van der Waals surface area contributed by atoms with E-state index in [1.54, 1.807) is 25.6 Å². The van der Waals surface area contributed by atoms with Crippen molar-refractivity contribution in [3.63, 3.8) is 0 Å². The lowest BCUT2D eigenvalue weighted by molar-refractivity contribution is 0.159. The molecule has 1 heterocycles. The number of fused-ring (bicyclic) bond motifs is 1. The van der Waals surface area contributed by atoms with Crippen LogP contribution in [-0.2, 0) is 18.1 Å². The van der Waals surface area contributed by atoms with Crippen molar-refractivity contribution in [3.8, 4) is 0 Å². The highest BCUT2D eigenvalue weighted by Crippen LogP contribution is 2.54. The lowest BCUT2D eigenvalue weighted by Gasteiger charge is -2.22. The fraction of sp³-hybridized carbons (Fsp3) is 0.385. The molecular formula is C13H17O4PS. The van der Waals surface area contributed by atoms with E-state index in [1.807, 2.05) is 30.3 Å². The number of hydrogen-bond donors (Lipinski definition) is 0. The van der Waals surface area contributed by atoms with E-state index in [4.69, 9.17) is 13.6 Å². The van der Waals surface area contributed by atoms with Crippen LogP contribution in [0.2, 0.25) is 0 Å². The van der Waals surface area contributed by atoms with Gasteiger partial charge in [-0.1, -0.05) is 18.2 Å². The van der Waals surface area contributed by atoms with Crippen LogP contribution in [0.1, 0.15) is 19.4 Å². The predicted molar refractivity (Wildman–Crippen MR) is 77.1 cm³/mol. The number of hydrogen-bond acceptors (Lipinski definition) is 5. The lowest BCUT2D eigenvalue weighted by atomic mass is 10.2. The maximum absolute atomic E-state index is 12.4. The van der Waals surface area contributed by atoms with Gasteiger partial charge in [0.25, 0.3) is 0 Å². The lowest BCUT2D eigenvalue weighted by Crippen LogP contribution is -2.03. The molecule has 0 amide bonds. The Morgan fingerprint density at radius 3 is 2.58 bits per heavy atom. The Hall–Kier alpha value is -0.740. The van der Waals surface area contributed by atoms with Crippen LogP contribution in [0.3, 0.4) is 0 Å². The molecule has 1 aliphatic heterocycles. The predicted octanol–water partition coefficient (Wildman–Crippen LogP) is 4.33. The van der Waals surface area contributed by atoms with Crippen molar-refractivity contribution < 1.29 is 18.1 Å². The molecule has 0 unspecified atom stereocenters. The number of thioether (sulfide) groups is 1. The summed E-state index contributed by atoms with van der Waals surface area (Å²) in [6.07, 6.45) is 1.90. The minimum Gasteiger partial charge on any atom is -0.404 e. The fourth-order valence-electron chi connectivity index (χ4n) is 1.73. The monoisotopic (exact) mass is 300 g/mol. The van der Waals surface area contributed by atoms with E-state index in [2.05, 4.69) is 0 Å². The summed E-state index contributed by atoms with van der Waals surface area (Å²) >= 11 is 1.72. The zero-order valence-corrected chi connectivity index (χ0v) is 12.7.